The van der Waals surface area contributed by atoms with E-state index in [9.17, 15) is 9.59 Å². The van der Waals surface area contributed by atoms with Crippen molar-refractivity contribution in [1.82, 2.24) is 10.9 Å². The van der Waals surface area contributed by atoms with Crippen molar-refractivity contribution < 1.29 is 9.59 Å². The Labute approximate surface area is 152 Å². The predicted molar refractivity (Wildman–Crippen MR) is 101 cm³/mol. The summed E-state index contributed by atoms with van der Waals surface area (Å²) in [5.41, 5.74) is 7.47. The highest BCUT2D eigenvalue weighted by Gasteiger charge is 2.26. The predicted octanol–water partition coefficient (Wildman–Crippen LogP) is 3.83. The lowest BCUT2D eigenvalue weighted by Crippen LogP contribution is -2.44. The van der Waals surface area contributed by atoms with Crippen LogP contribution in [0.25, 0.3) is 0 Å². The van der Waals surface area contributed by atoms with Gasteiger partial charge in [0.1, 0.15) is 0 Å². The highest BCUT2D eigenvalue weighted by molar-refractivity contribution is 7.14. The van der Waals surface area contributed by atoms with Gasteiger partial charge in [0.25, 0.3) is 5.91 Å². The number of fused-ring (bicyclic) bond motifs is 1. The third kappa shape index (κ3) is 3.93. The normalized spacial score (nSPS) is 15.3. The zero-order chi connectivity index (χ0) is 17.8. The third-order valence-corrected chi connectivity index (χ3v) is 6.16. The van der Waals surface area contributed by atoms with Crippen LogP contribution in [0.5, 0.6) is 0 Å². The van der Waals surface area contributed by atoms with Gasteiger partial charge in [-0.3, -0.25) is 20.4 Å². The van der Waals surface area contributed by atoms with Crippen molar-refractivity contribution in [3.05, 3.63) is 57.3 Å². The number of rotatable bonds is 5. The Morgan fingerprint density at radius 3 is 2.60 bits per heavy atom. The summed E-state index contributed by atoms with van der Waals surface area (Å²) in [6, 6.07) is 11.7. The maximum absolute atomic E-state index is 12.7. The topological polar surface area (TPSA) is 58.2 Å². The summed E-state index contributed by atoms with van der Waals surface area (Å²) in [6.45, 7) is 4.13. The number of aryl methyl sites for hydroxylation is 2. The molecule has 2 N–H and O–H groups in total. The molecule has 1 aromatic heterocycles. The molecule has 0 saturated carbocycles. The van der Waals surface area contributed by atoms with Gasteiger partial charge in [0.15, 0.2) is 0 Å². The van der Waals surface area contributed by atoms with Gasteiger partial charge in [0, 0.05) is 4.88 Å². The Kier molecular flexibility index (Phi) is 5.53. The third-order valence-electron chi connectivity index (χ3n) is 4.92. The Morgan fingerprint density at radius 2 is 1.92 bits per heavy atom. The molecule has 0 fully saturated rings. The van der Waals surface area contributed by atoms with Crippen LogP contribution in [0.2, 0.25) is 0 Å². The molecule has 25 heavy (non-hydrogen) atoms. The van der Waals surface area contributed by atoms with Gasteiger partial charge >= 0.3 is 0 Å². The lowest BCUT2D eigenvalue weighted by molar-refractivity contribution is -0.124. The largest absolute Gasteiger partial charge is 0.279 e. The van der Waals surface area contributed by atoms with E-state index in [0.29, 0.717) is 4.88 Å². The fourth-order valence-corrected chi connectivity index (χ4v) is 4.48. The van der Waals surface area contributed by atoms with E-state index in [-0.39, 0.29) is 23.7 Å². The molecule has 1 aliphatic carbocycles. The zero-order valence-corrected chi connectivity index (χ0v) is 15.5. The Hall–Kier alpha value is -2.14. The van der Waals surface area contributed by atoms with E-state index in [1.165, 1.54) is 28.2 Å². The first-order valence-electron chi connectivity index (χ1n) is 8.87. The Bertz CT molecular complexity index is 733. The minimum atomic E-state index is -0.278. The van der Waals surface area contributed by atoms with Crippen molar-refractivity contribution >= 4 is 23.2 Å². The molecule has 1 heterocycles. The van der Waals surface area contributed by atoms with Crippen molar-refractivity contribution in [3.63, 3.8) is 0 Å². The van der Waals surface area contributed by atoms with Gasteiger partial charge in [-0.1, -0.05) is 50.6 Å². The number of hydrogen-bond donors (Lipinski definition) is 2. The van der Waals surface area contributed by atoms with Crippen molar-refractivity contribution in [2.24, 2.45) is 5.92 Å². The minimum absolute atomic E-state index is 0.169. The number of thiophene rings is 1. The van der Waals surface area contributed by atoms with Crippen LogP contribution >= 0.6 is 11.3 Å². The molecular weight excluding hydrogens is 332 g/mol. The van der Waals surface area contributed by atoms with E-state index in [2.05, 4.69) is 24.7 Å². The van der Waals surface area contributed by atoms with Crippen LogP contribution in [0.3, 0.4) is 0 Å². The summed E-state index contributed by atoms with van der Waals surface area (Å²) in [5.74, 6) is -0.494. The molecule has 1 aliphatic rings. The molecule has 1 aromatic carbocycles. The first-order valence-corrected chi connectivity index (χ1v) is 9.68. The highest BCUT2D eigenvalue weighted by Crippen LogP contribution is 2.30. The number of carbonyl (C=O) groups is 2. The molecule has 3 rings (SSSR count). The Morgan fingerprint density at radius 1 is 1.16 bits per heavy atom. The smallest absolute Gasteiger partial charge is 0.273 e. The molecule has 0 unspecified atom stereocenters. The summed E-state index contributed by atoms with van der Waals surface area (Å²) in [4.78, 5) is 27.0. The van der Waals surface area contributed by atoms with Gasteiger partial charge in [-0.15, -0.1) is 11.3 Å². The van der Waals surface area contributed by atoms with Gasteiger partial charge in [0.2, 0.25) is 5.91 Å². The Balaban J connectivity index is 1.65. The van der Waals surface area contributed by atoms with Crippen LogP contribution in [0.15, 0.2) is 36.4 Å². The second-order valence-corrected chi connectivity index (χ2v) is 7.77. The standard InChI is InChI=1S/C20H24N2O2S/c1-3-13(2)18(14-8-5-4-6-9-14)20(24)22-21-19(23)17-12-15-10-7-11-16(15)25-17/h4-6,8-9,12-13,18H,3,7,10-11H2,1-2H3,(H,21,23)(H,22,24)/t13-,18+/m0/s1. The fraction of sp³-hybridized carbons (Fsp3) is 0.400. The molecule has 0 spiro atoms. The van der Waals surface area contributed by atoms with Crippen molar-refractivity contribution in [2.75, 3.05) is 0 Å². The van der Waals surface area contributed by atoms with E-state index >= 15 is 0 Å². The summed E-state index contributed by atoms with van der Waals surface area (Å²) in [7, 11) is 0. The molecule has 5 heteroatoms. The number of amides is 2. The highest BCUT2D eigenvalue weighted by atomic mass is 32.1. The number of hydrazine groups is 1. The first kappa shape index (κ1) is 17.7. The second kappa shape index (κ2) is 7.83. The maximum Gasteiger partial charge on any atom is 0.279 e. The summed E-state index contributed by atoms with van der Waals surface area (Å²) >= 11 is 1.53. The number of nitrogens with one attached hydrogen (secondary N) is 2. The van der Waals surface area contributed by atoms with E-state index in [4.69, 9.17) is 0 Å². The summed E-state index contributed by atoms with van der Waals surface area (Å²) in [6.07, 6.45) is 4.17. The van der Waals surface area contributed by atoms with Gasteiger partial charge < -0.3 is 0 Å². The monoisotopic (exact) mass is 356 g/mol. The quantitative estimate of drug-likeness (QED) is 0.800. The molecule has 0 bridgehead atoms. The van der Waals surface area contributed by atoms with E-state index in [1.807, 2.05) is 36.4 Å². The average molecular weight is 356 g/mol. The molecule has 132 valence electrons. The van der Waals surface area contributed by atoms with E-state index in [0.717, 1.165) is 24.8 Å². The lowest BCUT2D eigenvalue weighted by atomic mass is 9.85. The first-order chi connectivity index (χ1) is 12.1. The average Bonchev–Trinajstić information content (AvgIpc) is 3.22. The molecular formula is C20H24N2O2S. The summed E-state index contributed by atoms with van der Waals surface area (Å²) in [5, 5.41) is 0. The van der Waals surface area contributed by atoms with Crippen molar-refractivity contribution in [3.8, 4) is 0 Å². The van der Waals surface area contributed by atoms with Crippen LogP contribution in [0.1, 0.15) is 58.3 Å². The van der Waals surface area contributed by atoms with E-state index < -0.39 is 0 Å². The second-order valence-electron chi connectivity index (χ2n) is 6.63. The van der Waals surface area contributed by atoms with E-state index in [1.54, 1.807) is 0 Å². The van der Waals surface area contributed by atoms with Gasteiger partial charge in [0.05, 0.1) is 10.8 Å². The SMILES string of the molecule is CC[C@H](C)[C@@H](C(=O)NNC(=O)c1cc2c(s1)CCC2)c1ccccc1. The van der Waals surface area contributed by atoms with Gasteiger partial charge in [-0.2, -0.15) is 0 Å². The van der Waals surface area contributed by atoms with Crippen molar-refractivity contribution in [1.29, 1.82) is 0 Å². The molecule has 0 aliphatic heterocycles. The maximum atomic E-state index is 12.7. The summed E-state index contributed by atoms with van der Waals surface area (Å²) < 4.78 is 0. The molecule has 0 saturated heterocycles. The van der Waals surface area contributed by atoms with Crippen molar-refractivity contribution in [2.45, 2.75) is 45.4 Å². The fourth-order valence-electron chi connectivity index (χ4n) is 3.33. The van der Waals surface area contributed by atoms with Crippen LogP contribution in [-0.4, -0.2) is 11.8 Å². The zero-order valence-electron chi connectivity index (χ0n) is 14.7. The molecule has 2 aromatic rings. The van der Waals surface area contributed by atoms with Gasteiger partial charge in [-0.05, 0) is 42.4 Å². The minimum Gasteiger partial charge on any atom is -0.273 e. The number of benzene rings is 1. The number of carbonyl (C=O) groups excluding carboxylic acids is 2. The van der Waals surface area contributed by atoms with Crippen LogP contribution in [0.4, 0.5) is 0 Å². The van der Waals surface area contributed by atoms with Crippen LogP contribution in [0, 0.1) is 5.92 Å². The number of hydrogen-bond acceptors (Lipinski definition) is 3. The molecule has 0 radical (unpaired) electrons. The molecule has 2 amide bonds. The molecule has 2 atom stereocenters. The molecule has 4 nitrogen and oxygen atoms in total. The van der Waals surface area contributed by atoms with Crippen LogP contribution < -0.4 is 10.9 Å². The van der Waals surface area contributed by atoms with Gasteiger partial charge in [-0.25, -0.2) is 0 Å². The van der Waals surface area contributed by atoms with Crippen LogP contribution in [-0.2, 0) is 17.6 Å². The lowest BCUT2D eigenvalue weighted by Gasteiger charge is -2.22.